The third kappa shape index (κ3) is 2.82. The molecule has 1 aliphatic carbocycles. The summed E-state index contributed by atoms with van der Waals surface area (Å²) < 4.78 is 12.0. The number of hydrogen-bond donors (Lipinski definition) is 1. The van der Waals surface area contributed by atoms with Gasteiger partial charge in [0, 0.05) is 24.7 Å². The average molecular weight is 362 g/mol. The predicted octanol–water partition coefficient (Wildman–Crippen LogP) is 3.09. The van der Waals surface area contributed by atoms with Gasteiger partial charge in [-0.15, -0.1) is 0 Å². The van der Waals surface area contributed by atoms with Crippen LogP contribution in [0, 0.1) is 16.7 Å². The molecule has 2 atom stereocenters. The Labute approximate surface area is 158 Å². The SMILES string of the molecule is N#CC1(C(N)=O)[C@@H](c2ccccc2)CC2(C[C@@H]1c1ccccc1)OCCO2. The minimum absolute atomic E-state index is 0.418. The van der Waals surface area contributed by atoms with Crippen LogP contribution in [-0.4, -0.2) is 24.9 Å². The minimum atomic E-state index is -1.37. The van der Waals surface area contributed by atoms with E-state index in [0.29, 0.717) is 26.1 Å². The lowest BCUT2D eigenvalue weighted by atomic mass is 9.55. The Morgan fingerprint density at radius 1 is 0.926 bits per heavy atom. The zero-order valence-corrected chi connectivity index (χ0v) is 15.0. The van der Waals surface area contributed by atoms with E-state index in [4.69, 9.17) is 15.2 Å². The van der Waals surface area contributed by atoms with E-state index < -0.39 is 28.9 Å². The molecule has 0 aromatic heterocycles. The smallest absolute Gasteiger partial charge is 0.239 e. The Hall–Kier alpha value is -2.68. The number of nitriles is 1. The average Bonchev–Trinajstić information content (AvgIpc) is 3.16. The number of rotatable bonds is 3. The van der Waals surface area contributed by atoms with Crippen molar-refractivity contribution in [3.05, 3.63) is 71.8 Å². The first-order chi connectivity index (χ1) is 13.1. The molecule has 0 bridgehead atoms. The summed E-state index contributed by atoms with van der Waals surface area (Å²) in [6.45, 7) is 1.03. The van der Waals surface area contributed by atoms with Crippen LogP contribution in [0.4, 0.5) is 0 Å². The van der Waals surface area contributed by atoms with Gasteiger partial charge in [-0.2, -0.15) is 5.26 Å². The molecular formula is C22H22N2O3. The van der Waals surface area contributed by atoms with Crippen molar-refractivity contribution in [2.45, 2.75) is 30.5 Å². The van der Waals surface area contributed by atoms with Crippen molar-refractivity contribution in [2.75, 3.05) is 13.2 Å². The van der Waals surface area contributed by atoms with Gasteiger partial charge in [0.1, 0.15) is 5.41 Å². The lowest BCUT2D eigenvalue weighted by Gasteiger charge is -2.49. The van der Waals surface area contributed by atoms with Crippen molar-refractivity contribution in [1.82, 2.24) is 0 Å². The molecule has 5 heteroatoms. The number of carbonyl (C=O) groups excluding carboxylic acids is 1. The van der Waals surface area contributed by atoms with Crippen LogP contribution >= 0.6 is 0 Å². The number of nitrogens with zero attached hydrogens (tertiary/aromatic N) is 1. The molecule has 1 spiro atoms. The van der Waals surface area contributed by atoms with E-state index in [0.717, 1.165) is 11.1 Å². The van der Waals surface area contributed by atoms with Crippen LogP contribution in [0.1, 0.15) is 35.8 Å². The molecule has 1 saturated heterocycles. The molecule has 4 rings (SSSR count). The van der Waals surface area contributed by atoms with Crippen LogP contribution in [0.5, 0.6) is 0 Å². The van der Waals surface area contributed by atoms with Crippen molar-refractivity contribution in [3.8, 4) is 6.07 Å². The van der Waals surface area contributed by atoms with Gasteiger partial charge in [-0.1, -0.05) is 60.7 Å². The number of nitrogens with two attached hydrogens (primary N) is 1. The van der Waals surface area contributed by atoms with Gasteiger partial charge in [-0.25, -0.2) is 0 Å². The summed E-state index contributed by atoms with van der Waals surface area (Å²) in [7, 11) is 0. The van der Waals surface area contributed by atoms with Crippen molar-refractivity contribution in [1.29, 1.82) is 5.26 Å². The van der Waals surface area contributed by atoms with Crippen LogP contribution < -0.4 is 5.73 Å². The van der Waals surface area contributed by atoms with Crippen LogP contribution in [0.3, 0.4) is 0 Å². The molecule has 1 heterocycles. The van der Waals surface area contributed by atoms with E-state index in [1.54, 1.807) is 0 Å². The number of hydrogen-bond acceptors (Lipinski definition) is 4. The highest BCUT2D eigenvalue weighted by molar-refractivity contribution is 5.87. The van der Waals surface area contributed by atoms with Gasteiger partial charge in [0.25, 0.3) is 0 Å². The molecule has 2 aromatic rings. The quantitative estimate of drug-likeness (QED) is 0.909. The van der Waals surface area contributed by atoms with Crippen molar-refractivity contribution >= 4 is 5.91 Å². The minimum Gasteiger partial charge on any atom is -0.368 e. The van der Waals surface area contributed by atoms with Gasteiger partial charge in [0.15, 0.2) is 5.79 Å². The summed E-state index contributed by atoms with van der Waals surface area (Å²) in [6, 6.07) is 21.6. The molecule has 2 N–H and O–H groups in total. The van der Waals surface area contributed by atoms with Crippen LogP contribution in [-0.2, 0) is 14.3 Å². The molecular weight excluding hydrogens is 340 g/mol. The third-order valence-corrected chi connectivity index (χ3v) is 5.94. The Morgan fingerprint density at radius 2 is 1.37 bits per heavy atom. The number of carbonyl (C=O) groups is 1. The number of ether oxygens (including phenoxy) is 2. The van der Waals surface area contributed by atoms with Crippen molar-refractivity contribution in [2.24, 2.45) is 11.1 Å². The zero-order chi connectivity index (χ0) is 18.9. The Bertz CT molecular complexity index is 803. The first-order valence-corrected chi connectivity index (χ1v) is 9.20. The fourth-order valence-electron chi connectivity index (χ4n) is 4.69. The van der Waals surface area contributed by atoms with Gasteiger partial charge in [0.2, 0.25) is 5.91 Å². The van der Waals surface area contributed by atoms with E-state index in [2.05, 4.69) is 6.07 Å². The molecule has 0 unspecified atom stereocenters. The Kier molecular flexibility index (Phi) is 4.47. The highest BCUT2D eigenvalue weighted by Gasteiger charge is 2.61. The van der Waals surface area contributed by atoms with Gasteiger partial charge in [-0.3, -0.25) is 4.79 Å². The topological polar surface area (TPSA) is 85.3 Å². The molecule has 0 radical (unpaired) electrons. The highest BCUT2D eigenvalue weighted by atomic mass is 16.7. The molecule has 138 valence electrons. The maximum absolute atomic E-state index is 12.8. The van der Waals surface area contributed by atoms with Gasteiger partial charge in [-0.05, 0) is 11.1 Å². The van der Waals surface area contributed by atoms with Gasteiger partial charge in [0.05, 0.1) is 19.3 Å². The second-order valence-electron chi connectivity index (χ2n) is 7.29. The first-order valence-electron chi connectivity index (χ1n) is 9.20. The summed E-state index contributed by atoms with van der Waals surface area (Å²) in [5.41, 5.74) is 6.34. The lowest BCUT2D eigenvalue weighted by Crippen LogP contribution is -2.54. The van der Waals surface area contributed by atoms with E-state index >= 15 is 0 Å². The predicted molar refractivity (Wildman–Crippen MR) is 99.5 cm³/mol. The second-order valence-corrected chi connectivity index (χ2v) is 7.29. The molecule has 2 aliphatic rings. The fourth-order valence-corrected chi connectivity index (χ4v) is 4.69. The number of primary amides is 1. The van der Waals surface area contributed by atoms with Crippen LogP contribution in [0.15, 0.2) is 60.7 Å². The second kappa shape index (κ2) is 6.80. The Morgan fingerprint density at radius 3 is 1.74 bits per heavy atom. The number of amides is 1. The molecule has 2 aromatic carbocycles. The monoisotopic (exact) mass is 362 g/mol. The molecule has 5 nitrogen and oxygen atoms in total. The summed E-state index contributed by atoms with van der Waals surface area (Å²) >= 11 is 0. The standard InChI is InChI=1S/C22H22N2O3/c23-15-22(20(24)25)18(16-7-3-1-4-8-16)13-21(26-11-12-27-21)14-19(22)17-9-5-2-6-10-17/h1-10,18-19H,11-14H2,(H2,24,25)/t18-,19-/m1/s1. The molecule has 2 fully saturated rings. The Balaban J connectivity index is 1.91. The summed E-state index contributed by atoms with van der Waals surface area (Å²) in [4.78, 5) is 12.8. The fraction of sp³-hybridized carbons (Fsp3) is 0.364. The van der Waals surface area contributed by atoms with E-state index in [1.807, 2.05) is 60.7 Å². The molecule has 1 saturated carbocycles. The molecule has 1 amide bonds. The van der Waals surface area contributed by atoms with Crippen molar-refractivity contribution < 1.29 is 14.3 Å². The summed E-state index contributed by atoms with van der Waals surface area (Å²) in [6.07, 6.45) is 0.855. The van der Waals surface area contributed by atoms with E-state index in [-0.39, 0.29) is 0 Å². The maximum atomic E-state index is 12.8. The zero-order valence-electron chi connectivity index (χ0n) is 15.0. The normalized spacial score (nSPS) is 29.3. The third-order valence-electron chi connectivity index (χ3n) is 5.94. The lowest BCUT2D eigenvalue weighted by molar-refractivity contribution is -0.198. The summed E-state index contributed by atoms with van der Waals surface area (Å²) in [5.74, 6) is -2.23. The van der Waals surface area contributed by atoms with Gasteiger partial charge < -0.3 is 15.2 Å². The van der Waals surface area contributed by atoms with E-state index in [9.17, 15) is 10.1 Å². The molecule has 1 aliphatic heterocycles. The first kappa shape index (κ1) is 17.7. The van der Waals surface area contributed by atoms with Gasteiger partial charge >= 0.3 is 0 Å². The summed E-state index contributed by atoms with van der Waals surface area (Å²) in [5, 5.41) is 10.3. The van der Waals surface area contributed by atoms with Crippen LogP contribution in [0.25, 0.3) is 0 Å². The highest BCUT2D eigenvalue weighted by Crippen LogP contribution is 2.59. The molecule has 27 heavy (non-hydrogen) atoms. The van der Waals surface area contributed by atoms with Crippen LogP contribution in [0.2, 0.25) is 0 Å². The van der Waals surface area contributed by atoms with E-state index in [1.165, 1.54) is 0 Å². The largest absolute Gasteiger partial charge is 0.368 e. The number of benzene rings is 2. The maximum Gasteiger partial charge on any atom is 0.239 e. The van der Waals surface area contributed by atoms with Crippen molar-refractivity contribution in [3.63, 3.8) is 0 Å².